The van der Waals surface area contributed by atoms with E-state index in [-0.39, 0.29) is 38.7 Å². The molecule has 13 heteroatoms. The molecule has 0 bridgehead atoms. The van der Waals surface area contributed by atoms with E-state index in [0.717, 1.165) is 16.1 Å². The van der Waals surface area contributed by atoms with Crippen molar-refractivity contribution in [2.45, 2.75) is 19.0 Å². The van der Waals surface area contributed by atoms with E-state index in [2.05, 4.69) is 5.32 Å². The molecule has 1 atom stereocenters. The third-order valence-corrected chi connectivity index (χ3v) is 8.55. The van der Waals surface area contributed by atoms with Crippen molar-refractivity contribution in [3.05, 3.63) is 96.9 Å². The lowest BCUT2D eigenvalue weighted by molar-refractivity contribution is -0.139. The molecule has 208 valence electrons. The maximum Gasteiger partial charge on any atom is 0.244 e. The molecule has 0 aliphatic rings. The van der Waals surface area contributed by atoms with Gasteiger partial charge in [-0.3, -0.25) is 13.9 Å². The number of rotatable bonds is 10. The van der Waals surface area contributed by atoms with E-state index in [9.17, 15) is 18.0 Å². The molecule has 3 aromatic carbocycles. The molecule has 1 N–H and O–H groups in total. The van der Waals surface area contributed by atoms with Crippen LogP contribution in [0, 0.1) is 0 Å². The SMILES string of the molecule is CNC(=O)[C@@H](Cc1ccccc1)N(Cc1ccc(Cl)cc1Cl)C(=O)CN(c1cc(Cl)c(Cl)cc1Cl)S(C)(=O)=O. The van der Waals surface area contributed by atoms with Crippen LogP contribution in [0.25, 0.3) is 0 Å². The fourth-order valence-electron chi connectivity index (χ4n) is 3.85. The van der Waals surface area contributed by atoms with Crippen molar-refractivity contribution in [3.8, 4) is 0 Å². The number of hydrogen-bond acceptors (Lipinski definition) is 4. The Kier molecular flexibility index (Phi) is 10.8. The van der Waals surface area contributed by atoms with Gasteiger partial charge < -0.3 is 10.2 Å². The van der Waals surface area contributed by atoms with Crippen molar-refractivity contribution in [1.29, 1.82) is 0 Å². The first-order chi connectivity index (χ1) is 18.3. The molecule has 7 nitrogen and oxygen atoms in total. The van der Waals surface area contributed by atoms with Gasteiger partial charge in [-0.05, 0) is 35.4 Å². The van der Waals surface area contributed by atoms with Gasteiger partial charge in [-0.1, -0.05) is 94.4 Å². The Labute approximate surface area is 252 Å². The first kappa shape index (κ1) is 31.3. The molecule has 0 saturated heterocycles. The Balaban J connectivity index is 2.09. The van der Waals surface area contributed by atoms with Gasteiger partial charge in [0.2, 0.25) is 21.8 Å². The molecular formula is C26H24Cl5N3O4S. The van der Waals surface area contributed by atoms with Crippen LogP contribution in [0.2, 0.25) is 25.1 Å². The predicted octanol–water partition coefficient (Wildman–Crippen LogP) is 6.11. The normalized spacial score (nSPS) is 12.1. The van der Waals surface area contributed by atoms with Gasteiger partial charge >= 0.3 is 0 Å². The number of nitrogens with zero attached hydrogens (tertiary/aromatic N) is 2. The van der Waals surface area contributed by atoms with Crippen molar-refractivity contribution in [3.63, 3.8) is 0 Å². The average Bonchev–Trinajstić information content (AvgIpc) is 2.87. The number of carbonyl (C=O) groups is 2. The second-order valence-corrected chi connectivity index (χ2v) is 12.5. The summed E-state index contributed by atoms with van der Waals surface area (Å²) in [6, 6.07) is 15.4. The summed E-state index contributed by atoms with van der Waals surface area (Å²) in [6.45, 7) is -0.781. The van der Waals surface area contributed by atoms with Crippen LogP contribution in [0.4, 0.5) is 5.69 Å². The van der Waals surface area contributed by atoms with E-state index in [4.69, 9.17) is 58.0 Å². The summed E-state index contributed by atoms with van der Waals surface area (Å²) in [5.41, 5.74) is 1.26. The number of carbonyl (C=O) groups excluding carboxylic acids is 2. The number of anilines is 1. The average molecular weight is 652 g/mol. The summed E-state index contributed by atoms with van der Waals surface area (Å²) in [4.78, 5) is 28.4. The standard InChI is InChI=1S/C26H24Cl5N3O4S/c1-32-26(36)24(10-16-6-4-3-5-7-16)33(14-17-8-9-18(27)11-19(17)28)25(35)15-34(39(2,37)38)23-13-21(30)20(29)12-22(23)31/h3-9,11-13,24H,10,14-15H2,1-2H3,(H,32,36)/t24-/m1/s1. The van der Waals surface area contributed by atoms with Crippen molar-refractivity contribution in [1.82, 2.24) is 10.2 Å². The topological polar surface area (TPSA) is 86.8 Å². The highest BCUT2D eigenvalue weighted by atomic mass is 35.5. The molecule has 0 aliphatic carbocycles. The Bertz CT molecular complexity index is 1470. The van der Waals surface area contributed by atoms with Gasteiger partial charge in [0.25, 0.3) is 0 Å². The quantitative estimate of drug-likeness (QED) is 0.268. The van der Waals surface area contributed by atoms with Gasteiger partial charge in [0, 0.05) is 30.1 Å². The third kappa shape index (κ3) is 8.16. The summed E-state index contributed by atoms with van der Waals surface area (Å²) in [5, 5.41) is 3.41. The monoisotopic (exact) mass is 649 g/mol. The van der Waals surface area contributed by atoms with Gasteiger partial charge in [-0.25, -0.2) is 8.42 Å². The van der Waals surface area contributed by atoms with Gasteiger partial charge in [-0.2, -0.15) is 0 Å². The van der Waals surface area contributed by atoms with Crippen LogP contribution in [0.1, 0.15) is 11.1 Å². The molecule has 3 rings (SSSR count). The Hall–Kier alpha value is -2.20. The smallest absolute Gasteiger partial charge is 0.244 e. The Morgan fingerprint density at radius 3 is 2.10 bits per heavy atom. The number of likely N-dealkylation sites (N-methyl/N-ethyl adjacent to an activating group) is 1. The zero-order valence-corrected chi connectivity index (χ0v) is 25.4. The van der Waals surface area contributed by atoms with E-state index in [1.807, 2.05) is 30.3 Å². The lowest BCUT2D eigenvalue weighted by Crippen LogP contribution is -2.53. The van der Waals surface area contributed by atoms with Crippen molar-refractivity contribution < 1.29 is 18.0 Å². The molecule has 3 aromatic rings. The highest BCUT2D eigenvalue weighted by Gasteiger charge is 2.33. The van der Waals surface area contributed by atoms with Gasteiger partial charge in [-0.15, -0.1) is 0 Å². The van der Waals surface area contributed by atoms with Crippen LogP contribution < -0.4 is 9.62 Å². The van der Waals surface area contributed by atoms with Crippen molar-refractivity contribution in [2.24, 2.45) is 0 Å². The van der Waals surface area contributed by atoms with Crippen LogP contribution in [0.5, 0.6) is 0 Å². The number of hydrogen-bond donors (Lipinski definition) is 1. The number of halogens is 5. The number of benzene rings is 3. The zero-order chi connectivity index (χ0) is 28.9. The molecule has 0 aromatic heterocycles. The van der Waals surface area contributed by atoms with Crippen LogP contribution in [-0.2, 0) is 32.6 Å². The summed E-state index contributed by atoms with van der Waals surface area (Å²) >= 11 is 30.9. The maximum atomic E-state index is 13.9. The van der Waals surface area contributed by atoms with Crippen LogP contribution in [-0.4, -0.2) is 51.0 Å². The highest BCUT2D eigenvalue weighted by molar-refractivity contribution is 7.92. The van der Waals surface area contributed by atoms with E-state index in [0.29, 0.717) is 10.6 Å². The molecule has 0 unspecified atom stereocenters. The summed E-state index contributed by atoms with van der Waals surface area (Å²) in [5.74, 6) is -1.13. The van der Waals surface area contributed by atoms with E-state index >= 15 is 0 Å². The van der Waals surface area contributed by atoms with Crippen molar-refractivity contribution in [2.75, 3.05) is 24.2 Å². The lowest BCUT2D eigenvalue weighted by atomic mass is 10.0. The predicted molar refractivity (Wildman–Crippen MR) is 159 cm³/mol. The molecular weight excluding hydrogens is 628 g/mol. The van der Waals surface area contributed by atoms with Crippen LogP contribution in [0.15, 0.2) is 60.7 Å². The minimum absolute atomic E-state index is 0.0259. The van der Waals surface area contributed by atoms with E-state index < -0.39 is 34.4 Å². The Morgan fingerprint density at radius 1 is 0.872 bits per heavy atom. The lowest BCUT2D eigenvalue weighted by Gasteiger charge is -2.33. The molecule has 0 saturated carbocycles. The number of nitrogens with one attached hydrogen (secondary N) is 1. The van der Waals surface area contributed by atoms with E-state index in [1.54, 1.807) is 12.1 Å². The molecule has 0 fully saturated rings. The first-order valence-electron chi connectivity index (χ1n) is 11.4. The second-order valence-electron chi connectivity index (χ2n) is 8.56. The highest BCUT2D eigenvalue weighted by Crippen LogP contribution is 2.36. The fraction of sp³-hybridized carbons (Fsp3) is 0.231. The molecule has 0 heterocycles. The van der Waals surface area contributed by atoms with Crippen molar-refractivity contribution >= 4 is 85.5 Å². The Morgan fingerprint density at radius 2 is 1.51 bits per heavy atom. The van der Waals surface area contributed by atoms with Gasteiger partial charge in [0.05, 0.1) is 27.0 Å². The maximum absolute atomic E-state index is 13.9. The molecule has 2 amide bonds. The number of sulfonamides is 1. The van der Waals surface area contributed by atoms with Gasteiger partial charge in [0.1, 0.15) is 12.6 Å². The van der Waals surface area contributed by atoms with Crippen LogP contribution >= 0.6 is 58.0 Å². The first-order valence-corrected chi connectivity index (χ1v) is 15.2. The fourth-order valence-corrected chi connectivity index (χ4v) is 5.87. The summed E-state index contributed by atoms with van der Waals surface area (Å²) in [7, 11) is -2.59. The minimum Gasteiger partial charge on any atom is -0.357 e. The van der Waals surface area contributed by atoms with E-state index in [1.165, 1.54) is 30.1 Å². The summed E-state index contributed by atoms with van der Waals surface area (Å²) in [6.07, 6.45) is 1.09. The number of amides is 2. The minimum atomic E-state index is -4.04. The zero-order valence-electron chi connectivity index (χ0n) is 20.8. The molecule has 39 heavy (non-hydrogen) atoms. The third-order valence-electron chi connectivity index (χ3n) is 5.81. The largest absolute Gasteiger partial charge is 0.357 e. The summed E-state index contributed by atoms with van der Waals surface area (Å²) < 4.78 is 26.5. The molecule has 0 aliphatic heterocycles. The second kappa shape index (κ2) is 13.4. The van der Waals surface area contributed by atoms with Gasteiger partial charge in [0.15, 0.2) is 0 Å². The molecule has 0 spiro atoms. The van der Waals surface area contributed by atoms with Crippen LogP contribution in [0.3, 0.4) is 0 Å². The molecule has 0 radical (unpaired) electrons.